The van der Waals surface area contributed by atoms with Gasteiger partial charge >= 0.3 is 0 Å². The monoisotopic (exact) mass is 626 g/mol. The molecule has 0 saturated carbocycles. The number of anilines is 1. The highest BCUT2D eigenvalue weighted by Gasteiger charge is 2.55. The smallest absolute Gasteiger partial charge is 0.290 e. The predicted molar refractivity (Wildman–Crippen MR) is 124 cm³/mol. The first-order chi connectivity index (χ1) is 18.2. The SMILES string of the molecule is CNc1ncc(Br)c(C(Cc2cc(F)cc(F)c2)NC(=O)Cn2nc(C(F)F)c3c2C(F)(F)CCC3(F)F)n1. The van der Waals surface area contributed by atoms with Crippen LogP contribution in [-0.4, -0.2) is 32.7 Å². The van der Waals surface area contributed by atoms with Gasteiger partial charge in [0.1, 0.15) is 29.6 Å². The van der Waals surface area contributed by atoms with Gasteiger partial charge < -0.3 is 10.6 Å². The molecule has 39 heavy (non-hydrogen) atoms. The molecular formula is C23H19BrF8N6O. The standard InChI is InChI=1S/C23H19BrF8N6O/c1-33-21-34-8-13(24)17(36-21)14(6-10-4-11(25)7-12(26)5-10)35-15(39)9-38-19-16(18(37-38)20(27)28)22(29,30)2-3-23(19,31)32/h4-5,7-8,14,20H,2-3,6,9H2,1H3,(H,35,39)(H,33,34,36). The Labute approximate surface area is 224 Å². The van der Waals surface area contributed by atoms with E-state index in [0.29, 0.717) is 6.07 Å². The highest BCUT2D eigenvalue weighted by atomic mass is 79.9. The van der Waals surface area contributed by atoms with Crippen molar-refractivity contribution in [3.63, 3.8) is 0 Å². The molecule has 0 radical (unpaired) electrons. The van der Waals surface area contributed by atoms with Crippen molar-refractivity contribution in [1.82, 2.24) is 25.1 Å². The third-order valence-electron chi connectivity index (χ3n) is 5.97. The molecule has 0 fully saturated rings. The van der Waals surface area contributed by atoms with Crippen LogP contribution >= 0.6 is 15.9 Å². The van der Waals surface area contributed by atoms with Crippen molar-refractivity contribution in [3.05, 3.63) is 68.7 Å². The maximum absolute atomic E-state index is 14.7. The van der Waals surface area contributed by atoms with Crippen LogP contribution < -0.4 is 10.6 Å². The molecule has 210 valence electrons. The van der Waals surface area contributed by atoms with Gasteiger partial charge in [-0.1, -0.05) is 0 Å². The van der Waals surface area contributed by atoms with Gasteiger partial charge in [-0.2, -0.15) is 13.9 Å². The number of hydrogen-bond acceptors (Lipinski definition) is 5. The minimum Gasteiger partial charge on any atom is -0.357 e. The van der Waals surface area contributed by atoms with Gasteiger partial charge in [-0.05, 0) is 40.0 Å². The number of rotatable bonds is 8. The van der Waals surface area contributed by atoms with E-state index in [1.807, 2.05) is 0 Å². The van der Waals surface area contributed by atoms with Crippen LogP contribution in [0.5, 0.6) is 0 Å². The number of aromatic nitrogens is 4. The van der Waals surface area contributed by atoms with Crippen molar-refractivity contribution < 1.29 is 39.9 Å². The number of halogens is 9. The topological polar surface area (TPSA) is 84.7 Å². The average Bonchev–Trinajstić information content (AvgIpc) is 3.23. The summed E-state index contributed by atoms with van der Waals surface area (Å²) in [6.45, 7) is -1.13. The molecule has 0 saturated heterocycles. The molecule has 0 bridgehead atoms. The van der Waals surface area contributed by atoms with Crippen LogP contribution in [0, 0.1) is 11.6 Å². The van der Waals surface area contributed by atoms with E-state index >= 15 is 0 Å². The lowest BCUT2D eigenvalue weighted by molar-refractivity contribution is -0.123. The molecule has 1 amide bonds. The molecule has 2 N–H and O–H groups in total. The first kappa shape index (κ1) is 28.7. The van der Waals surface area contributed by atoms with E-state index < -0.39 is 78.2 Å². The van der Waals surface area contributed by atoms with Gasteiger partial charge in [-0.25, -0.2) is 36.3 Å². The second-order valence-corrected chi connectivity index (χ2v) is 9.61. The van der Waals surface area contributed by atoms with Crippen molar-refractivity contribution in [2.45, 2.75) is 50.1 Å². The number of nitrogens with zero attached hydrogens (tertiary/aromatic N) is 4. The molecule has 1 aliphatic rings. The number of benzene rings is 1. The number of carbonyl (C=O) groups excluding carboxylic acids is 1. The van der Waals surface area contributed by atoms with E-state index in [1.165, 1.54) is 13.2 Å². The zero-order chi connectivity index (χ0) is 28.7. The fraction of sp³-hybridized carbons (Fsp3) is 0.391. The number of amides is 1. The second kappa shape index (κ2) is 10.7. The molecule has 4 rings (SSSR count). The highest BCUT2D eigenvalue weighted by Crippen LogP contribution is 2.52. The zero-order valence-electron chi connectivity index (χ0n) is 19.9. The Balaban J connectivity index is 1.71. The van der Waals surface area contributed by atoms with E-state index in [1.54, 1.807) is 0 Å². The van der Waals surface area contributed by atoms with Crippen molar-refractivity contribution >= 4 is 27.8 Å². The average molecular weight is 627 g/mol. The first-order valence-electron chi connectivity index (χ1n) is 11.3. The molecule has 1 aliphatic carbocycles. The van der Waals surface area contributed by atoms with Crippen LogP contribution in [0.15, 0.2) is 28.9 Å². The van der Waals surface area contributed by atoms with Crippen molar-refractivity contribution in [2.24, 2.45) is 0 Å². The largest absolute Gasteiger partial charge is 0.357 e. The van der Waals surface area contributed by atoms with Crippen molar-refractivity contribution in [1.29, 1.82) is 0 Å². The van der Waals surface area contributed by atoms with Crippen molar-refractivity contribution in [3.8, 4) is 0 Å². The Bertz CT molecular complexity index is 1380. The summed E-state index contributed by atoms with van der Waals surface area (Å²) in [5.74, 6) is -10.8. The van der Waals surface area contributed by atoms with Gasteiger partial charge in [0.2, 0.25) is 11.9 Å². The number of carbonyl (C=O) groups is 1. The van der Waals surface area contributed by atoms with Crippen molar-refractivity contribution in [2.75, 3.05) is 12.4 Å². The summed E-state index contributed by atoms with van der Waals surface area (Å²) in [5, 5.41) is 8.37. The number of hydrogen-bond donors (Lipinski definition) is 2. The third-order valence-corrected chi connectivity index (χ3v) is 6.58. The van der Waals surface area contributed by atoms with E-state index in [2.05, 4.69) is 41.6 Å². The predicted octanol–water partition coefficient (Wildman–Crippen LogP) is 5.77. The van der Waals surface area contributed by atoms with E-state index in [9.17, 15) is 39.9 Å². The van der Waals surface area contributed by atoms with Crippen LogP contribution in [-0.2, 0) is 29.6 Å². The summed E-state index contributed by atoms with van der Waals surface area (Å²) >= 11 is 3.22. The quantitative estimate of drug-likeness (QED) is 0.310. The van der Waals surface area contributed by atoms with Crippen LogP contribution in [0.3, 0.4) is 0 Å². The molecule has 2 heterocycles. The van der Waals surface area contributed by atoms with Crippen LogP contribution in [0.4, 0.5) is 41.1 Å². The first-order valence-corrected chi connectivity index (χ1v) is 12.1. The zero-order valence-corrected chi connectivity index (χ0v) is 21.5. The van der Waals surface area contributed by atoms with Gasteiger partial charge in [0.25, 0.3) is 18.3 Å². The number of fused-ring (bicyclic) bond motifs is 1. The van der Waals surface area contributed by atoms with Gasteiger partial charge in [0.15, 0.2) is 0 Å². The molecule has 1 atom stereocenters. The fourth-order valence-electron chi connectivity index (χ4n) is 4.34. The Hall–Kier alpha value is -3.30. The molecular weight excluding hydrogens is 608 g/mol. The van der Waals surface area contributed by atoms with Crippen LogP contribution in [0.1, 0.15) is 53.5 Å². The Morgan fingerprint density at radius 2 is 1.72 bits per heavy atom. The fourth-order valence-corrected chi connectivity index (χ4v) is 4.81. The second-order valence-electron chi connectivity index (χ2n) is 8.75. The normalized spacial score (nSPS) is 16.6. The molecule has 2 aromatic heterocycles. The van der Waals surface area contributed by atoms with E-state index in [0.717, 1.165) is 12.1 Å². The van der Waals surface area contributed by atoms with Gasteiger partial charge in [-0.15, -0.1) is 0 Å². The van der Waals surface area contributed by atoms with Crippen LogP contribution in [0.2, 0.25) is 0 Å². The highest BCUT2D eigenvalue weighted by molar-refractivity contribution is 9.10. The lowest BCUT2D eigenvalue weighted by Gasteiger charge is -2.29. The lowest BCUT2D eigenvalue weighted by atomic mass is 9.89. The molecule has 0 aliphatic heterocycles. The third kappa shape index (κ3) is 5.99. The van der Waals surface area contributed by atoms with Crippen LogP contribution in [0.25, 0.3) is 0 Å². The summed E-state index contributed by atoms with van der Waals surface area (Å²) in [7, 11) is 1.50. The van der Waals surface area contributed by atoms with Gasteiger partial charge in [-0.3, -0.25) is 9.48 Å². The maximum Gasteiger partial charge on any atom is 0.290 e. The summed E-state index contributed by atoms with van der Waals surface area (Å²) in [6.07, 6.45) is -5.24. The Morgan fingerprint density at radius 1 is 1.08 bits per heavy atom. The Morgan fingerprint density at radius 3 is 2.33 bits per heavy atom. The molecule has 16 heteroatoms. The molecule has 3 aromatic rings. The molecule has 0 spiro atoms. The molecule has 7 nitrogen and oxygen atoms in total. The van der Waals surface area contributed by atoms with Gasteiger partial charge in [0.05, 0.1) is 21.8 Å². The summed E-state index contributed by atoms with van der Waals surface area (Å²) in [5.41, 5.74) is -4.40. The molecule has 1 aromatic carbocycles. The summed E-state index contributed by atoms with van der Waals surface area (Å²) in [4.78, 5) is 21.2. The number of nitrogens with one attached hydrogen (secondary N) is 2. The minimum atomic E-state index is -4.00. The number of alkyl halides is 6. The maximum atomic E-state index is 14.7. The minimum absolute atomic E-state index is 0.0805. The lowest BCUT2D eigenvalue weighted by Crippen LogP contribution is -2.37. The summed E-state index contributed by atoms with van der Waals surface area (Å²) < 4.78 is 113. The van der Waals surface area contributed by atoms with E-state index in [-0.39, 0.29) is 32.8 Å². The summed E-state index contributed by atoms with van der Waals surface area (Å²) in [6, 6.07) is 1.47. The Kier molecular flexibility index (Phi) is 7.87. The van der Waals surface area contributed by atoms with Gasteiger partial charge in [0, 0.05) is 32.2 Å². The van der Waals surface area contributed by atoms with E-state index in [4.69, 9.17) is 0 Å². The molecule has 1 unspecified atom stereocenters.